The van der Waals surface area contributed by atoms with Gasteiger partial charge >= 0.3 is 10.1 Å². The molecule has 1 heterocycles. The molecule has 0 saturated heterocycles. The Morgan fingerprint density at radius 2 is 1.65 bits per heavy atom. The second kappa shape index (κ2) is 6.61. The van der Waals surface area contributed by atoms with Crippen molar-refractivity contribution in [3.63, 3.8) is 0 Å². The molecule has 0 unspecified atom stereocenters. The Bertz CT molecular complexity index is 1040. The first kappa shape index (κ1) is 16.8. The second-order valence-corrected chi connectivity index (χ2v) is 8.07. The predicted octanol–water partition coefficient (Wildman–Crippen LogP) is 3.76. The Hall–Kier alpha value is -2.60. The fourth-order valence-corrected chi connectivity index (χ4v) is 3.93. The summed E-state index contributed by atoms with van der Waals surface area (Å²) in [5, 5.41) is 0. The van der Waals surface area contributed by atoms with Gasteiger partial charge in [-0.1, -0.05) is 30.3 Å². The molecule has 0 aliphatic heterocycles. The van der Waals surface area contributed by atoms with Gasteiger partial charge in [0.25, 0.3) is 0 Å². The first-order valence-corrected chi connectivity index (χ1v) is 10.5. The Morgan fingerprint density at radius 3 is 2.42 bits per heavy atom. The minimum Gasteiger partial charge on any atom is -0.382 e. The zero-order chi connectivity index (χ0) is 18.1. The molecule has 5 nitrogen and oxygen atoms in total. The van der Waals surface area contributed by atoms with Crippen LogP contribution in [0.25, 0.3) is 17.1 Å². The minimum absolute atomic E-state index is 0.300. The number of benzene rings is 2. The van der Waals surface area contributed by atoms with E-state index in [9.17, 15) is 8.42 Å². The highest BCUT2D eigenvalue weighted by atomic mass is 32.2. The SMILES string of the molecule is CS(=O)(=O)Oc1ccccc1-c1nc2c(n1-c1ccccc1)CCCC2. The smallest absolute Gasteiger partial charge is 0.306 e. The van der Waals surface area contributed by atoms with E-state index in [1.165, 1.54) is 5.69 Å². The van der Waals surface area contributed by atoms with Crippen LogP contribution in [0.4, 0.5) is 0 Å². The van der Waals surface area contributed by atoms with Crippen LogP contribution in [0.1, 0.15) is 24.2 Å². The molecule has 0 radical (unpaired) electrons. The van der Waals surface area contributed by atoms with Gasteiger partial charge in [0.2, 0.25) is 0 Å². The van der Waals surface area contributed by atoms with Crippen LogP contribution in [0.3, 0.4) is 0 Å². The highest BCUT2D eigenvalue weighted by Crippen LogP contribution is 2.35. The minimum atomic E-state index is -3.62. The van der Waals surface area contributed by atoms with Crippen LogP contribution in [0.2, 0.25) is 0 Å². The Morgan fingerprint density at radius 1 is 0.962 bits per heavy atom. The summed E-state index contributed by atoms with van der Waals surface area (Å²) in [4.78, 5) is 4.88. The van der Waals surface area contributed by atoms with Crippen LogP contribution in [-0.4, -0.2) is 24.2 Å². The molecule has 1 aliphatic carbocycles. The summed E-state index contributed by atoms with van der Waals surface area (Å²) in [7, 11) is -3.62. The molecule has 6 heteroatoms. The quantitative estimate of drug-likeness (QED) is 0.658. The Labute approximate surface area is 153 Å². The van der Waals surface area contributed by atoms with Crippen LogP contribution >= 0.6 is 0 Å². The van der Waals surface area contributed by atoms with Crippen LogP contribution in [0, 0.1) is 0 Å². The van der Waals surface area contributed by atoms with Crippen LogP contribution in [-0.2, 0) is 23.0 Å². The van der Waals surface area contributed by atoms with Gasteiger partial charge in [-0.2, -0.15) is 8.42 Å². The molecule has 0 amide bonds. The number of imidazole rings is 1. The van der Waals surface area contributed by atoms with Gasteiger partial charge in [0.15, 0.2) is 5.75 Å². The molecule has 1 aliphatic rings. The third-order valence-electron chi connectivity index (χ3n) is 4.52. The average Bonchev–Trinajstić information content (AvgIpc) is 3.01. The first-order chi connectivity index (χ1) is 12.5. The second-order valence-electron chi connectivity index (χ2n) is 6.49. The summed E-state index contributed by atoms with van der Waals surface area (Å²) in [6.07, 6.45) is 5.22. The molecular weight excluding hydrogens is 348 g/mol. The maximum Gasteiger partial charge on any atom is 0.306 e. The van der Waals surface area contributed by atoms with E-state index in [-0.39, 0.29) is 0 Å². The van der Waals surface area contributed by atoms with Crippen molar-refractivity contribution in [1.82, 2.24) is 9.55 Å². The number of para-hydroxylation sites is 2. The maximum atomic E-state index is 11.7. The van der Waals surface area contributed by atoms with Crippen molar-refractivity contribution in [2.45, 2.75) is 25.7 Å². The zero-order valence-electron chi connectivity index (χ0n) is 14.6. The number of aromatic nitrogens is 2. The van der Waals surface area contributed by atoms with Crippen LogP contribution in [0.5, 0.6) is 5.75 Å². The van der Waals surface area contributed by atoms with Gasteiger partial charge < -0.3 is 4.18 Å². The number of aryl methyl sites for hydroxylation is 1. The van der Waals surface area contributed by atoms with E-state index in [0.29, 0.717) is 11.3 Å². The lowest BCUT2D eigenvalue weighted by atomic mass is 10.0. The Kier molecular flexibility index (Phi) is 4.28. The third kappa shape index (κ3) is 3.24. The largest absolute Gasteiger partial charge is 0.382 e. The van der Waals surface area contributed by atoms with E-state index in [1.54, 1.807) is 12.1 Å². The summed E-state index contributed by atoms with van der Waals surface area (Å²) < 4.78 is 30.7. The van der Waals surface area contributed by atoms with Crippen molar-refractivity contribution in [1.29, 1.82) is 0 Å². The van der Waals surface area contributed by atoms with E-state index in [0.717, 1.165) is 49.1 Å². The summed E-state index contributed by atoms with van der Waals surface area (Å²) in [5.41, 5.74) is 3.99. The van der Waals surface area contributed by atoms with Gasteiger partial charge in [0, 0.05) is 11.4 Å². The van der Waals surface area contributed by atoms with Crippen LogP contribution < -0.4 is 4.18 Å². The number of rotatable bonds is 4. The molecular formula is C20H20N2O3S. The fourth-order valence-electron chi connectivity index (χ4n) is 3.46. The van der Waals surface area contributed by atoms with E-state index >= 15 is 0 Å². The lowest BCUT2D eigenvalue weighted by Crippen LogP contribution is -2.09. The summed E-state index contributed by atoms with van der Waals surface area (Å²) >= 11 is 0. The van der Waals surface area contributed by atoms with Gasteiger partial charge in [0.1, 0.15) is 5.82 Å². The van der Waals surface area contributed by atoms with Crippen molar-refractivity contribution in [3.05, 3.63) is 66.0 Å². The molecule has 0 bridgehead atoms. The highest BCUT2D eigenvalue weighted by Gasteiger charge is 2.24. The molecule has 0 saturated carbocycles. The molecule has 26 heavy (non-hydrogen) atoms. The summed E-state index contributed by atoms with van der Waals surface area (Å²) in [5.74, 6) is 1.02. The van der Waals surface area contributed by atoms with E-state index < -0.39 is 10.1 Å². The van der Waals surface area contributed by atoms with Crippen LogP contribution in [0.15, 0.2) is 54.6 Å². The normalized spacial score (nSPS) is 14.0. The van der Waals surface area contributed by atoms with Crippen molar-refractivity contribution < 1.29 is 12.6 Å². The maximum absolute atomic E-state index is 11.7. The molecule has 4 rings (SSSR count). The lowest BCUT2D eigenvalue weighted by Gasteiger charge is -2.16. The summed E-state index contributed by atoms with van der Waals surface area (Å²) in [6.45, 7) is 0. The molecule has 0 N–H and O–H groups in total. The number of hydrogen-bond donors (Lipinski definition) is 0. The van der Waals surface area contributed by atoms with Gasteiger partial charge in [-0.15, -0.1) is 0 Å². The molecule has 0 fully saturated rings. The molecule has 0 atom stereocenters. The van der Waals surface area contributed by atoms with Crippen molar-refractivity contribution in [2.75, 3.05) is 6.26 Å². The predicted molar refractivity (Wildman–Crippen MR) is 101 cm³/mol. The topological polar surface area (TPSA) is 61.2 Å². The number of fused-ring (bicyclic) bond motifs is 1. The highest BCUT2D eigenvalue weighted by molar-refractivity contribution is 7.86. The van der Waals surface area contributed by atoms with Gasteiger partial charge in [-0.25, -0.2) is 4.98 Å². The lowest BCUT2D eigenvalue weighted by molar-refractivity contribution is 0.493. The monoisotopic (exact) mass is 368 g/mol. The molecule has 2 aromatic carbocycles. The Balaban J connectivity index is 1.95. The fraction of sp³-hybridized carbons (Fsp3) is 0.250. The standard InChI is InChI=1S/C20H20N2O3S/c1-26(23,24)25-19-14-8-5-11-16(19)20-21-17-12-6-7-13-18(17)22(20)15-9-3-2-4-10-15/h2-5,8-11,14H,6-7,12-13H2,1H3. The van der Waals surface area contributed by atoms with Crippen molar-refractivity contribution in [2.24, 2.45) is 0 Å². The van der Waals surface area contributed by atoms with Gasteiger partial charge in [-0.3, -0.25) is 4.57 Å². The van der Waals surface area contributed by atoms with E-state index in [2.05, 4.69) is 4.57 Å². The molecule has 1 aromatic heterocycles. The number of nitrogens with zero attached hydrogens (tertiary/aromatic N) is 2. The zero-order valence-corrected chi connectivity index (χ0v) is 15.4. The van der Waals surface area contributed by atoms with Gasteiger partial charge in [0.05, 0.1) is 17.5 Å². The van der Waals surface area contributed by atoms with Crippen molar-refractivity contribution >= 4 is 10.1 Å². The van der Waals surface area contributed by atoms with E-state index in [4.69, 9.17) is 9.17 Å². The van der Waals surface area contributed by atoms with Crippen molar-refractivity contribution in [3.8, 4) is 22.8 Å². The molecule has 0 spiro atoms. The third-order valence-corrected chi connectivity index (χ3v) is 5.00. The van der Waals surface area contributed by atoms with Gasteiger partial charge in [-0.05, 0) is 49.9 Å². The molecule has 134 valence electrons. The van der Waals surface area contributed by atoms with E-state index in [1.807, 2.05) is 42.5 Å². The average molecular weight is 368 g/mol. The molecule has 3 aromatic rings. The number of hydrogen-bond acceptors (Lipinski definition) is 4. The summed E-state index contributed by atoms with van der Waals surface area (Å²) in [6, 6.07) is 17.2. The first-order valence-electron chi connectivity index (χ1n) is 8.68.